The summed E-state index contributed by atoms with van der Waals surface area (Å²) >= 11 is 5.24. The molecule has 0 heterocycles. The zero-order valence-electron chi connectivity index (χ0n) is 9.36. The van der Waals surface area contributed by atoms with Gasteiger partial charge in [-0.1, -0.05) is 30.3 Å². The Morgan fingerprint density at radius 1 is 1.12 bits per heavy atom. The van der Waals surface area contributed by atoms with Gasteiger partial charge < -0.3 is 4.74 Å². The average Bonchev–Trinajstić information content (AvgIpc) is 2.34. The fourth-order valence-corrected chi connectivity index (χ4v) is 1.79. The minimum Gasteiger partial charge on any atom is -0.494 e. The monoisotopic (exact) mass is 248 g/mol. The Morgan fingerprint density at radius 3 is 2.65 bits per heavy atom. The summed E-state index contributed by atoms with van der Waals surface area (Å²) in [5.74, 6) is 0.825. The van der Waals surface area contributed by atoms with Crippen LogP contribution in [0, 0.1) is 0 Å². The first kappa shape index (κ1) is 11.9. The molecular formula is C14H13ClO2. The minimum atomic E-state index is -0.313. The lowest BCUT2D eigenvalue weighted by Crippen LogP contribution is -1.99. The molecule has 0 aliphatic rings. The second kappa shape index (κ2) is 5.69. The van der Waals surface area contributed by atoms with Gasteiger partial charge in [-0.15, -0.1) is 0 Å². The molecule has 2 aromatic rings. The van der Waals surface area contributed by atoms with Gasteiger partial charge in [0, 0.05) is 6.42 Å². The predicted octanol–water partition coefficient (Wildman–Crippen LogP) is 3.76. The van der Waals surface area contributed by atoms with Crippen LogP contribution in [-0.4, -0.2) is 11.8 Å². The van der Waals surface area contributed by atoms with Crippen LogP contribution in [0.4, 0.5) is 0 Å². The first-order chi connectivity index (χ1) is 8.25. The predicted molar refractivity (Wildman–Crippen MR) is 69.5 cm³/mol. The van der Waals surface area contributed by atoms with E-state index in [1.165, 1.54) is 5.39 Å². The van der Waals surface area contributed by atoms with E-state index in [9.17, 15) is 4.79 Å². The highest BCUT2D eigenvalue weighted by Crippen LogP contribution is 2.20. The van der Waals surface area contributed by atoms with Crippen LogP contribution in [0.2, 0.25) is 0 Å². The van der Waals surface area contributed by atoms with E-state index in [-0.39, 0.29) is 5.24 Å². The summed E-state index contributed by atoms with van der Waals surface area (Å²) in [5, 5.41) is 2.03. The lowest BCUT2D eigenvalue weighted by Gasteiger charge is -2.06. The summed E-state index contributed by atoms with van der Waals surface area (Å²) in [4.78, 5) is 10.5. The van der Waals surface area contributed by atoms with E-state index in [1.807, 2.05) is 36.4 Å². The van der Waals surface area contributed by atoms with E-state index in [2.05, 4.69) is 6.07 Å². The van der Waals surface area contributed by atoms with Crippen LogP contribution in [-0.2, 0) is 4.79 Å². The van der Waals surface area contributed by atoms with Gasteiger partial charge in [-0.05, 0) is 40.9 Å². The first-order valence-corrected chi connectivity index (χ1v) is 5.93. The Balaban J connectivity index is 1.97. The maximum absolute atomic E-state index is 10.5. The molecule has 3 heteroatoms. The molecule has 0 unspecified atom stereocenters. The van der Waals surface area contributed by atoms with Crippen molar-refractivity contribution >= 4 is 27.6 Å². The molecule has 0 bridgehead atoms. The molecular weight excluding hydrogens is 236 g/mol. The van der Waals surface area contributed by atoms with Crippen molar-refractivity contribution in [1.29, 1.82) is 0 Å². The highest BCUT2D eigenvalue weighted by molar-refractivity contribution is 6.63. The number of rotatable bonds is 5. The Hall–Kier alpha value is -1.54. The normalized spacial score (nSPS) is 10.4. The van der Waals surface area contributed by atoms with Crippen LogP contribution in [0.25, 0.3) is 10.8 Å². The van der Waals surface area contributed by atoms with Crippen LogP contribution in [0.5, 0.6) is 5.75 Å². The fraction of sp³-hybridized carbons (Fsp3) is 0.214. The smallest absolute Gasteiger partial charge is 0.221 e. The van der Waals surface area contributed by atoms with Gasteiger partial charge in [-0.3, -0.25) is 4.79 Å². The zero-order valence-corrected chi connectivity index (χ0v) is 10.1. The van der Waals surface area contributed by atoms with Crippen molar-refractivity contribution in [3.8, 4) is 5.75 Å². The molecule has 0 saturated heterocycles. The van der Waals surface area contributed by atoms with Crippen molar-refractivity contribution in [3.63, 3.8) is 0 Å². The van der Waals surface area contributed by atoms with E-state index in [4.69, 9.17) is 16.3 Å². The lowest BCUT2D eigenvalue weighted by atomic mass is 10.1. The van der Waals surface area contributed by atoms with Crippen LogP contribution < -0.4 is 4.74 Å². The minimum absolute atomic E-state index is 0.313. The van der Waals surface area contributed by atoms with Crippen LogP contribution >= 0.6 is 11.6 Å². The number of hydrogen-bond acceptors (Lipinski definition) is 2. The summed E-state index contributed by atoms with van der Waals surface area (Å²) in [7, 11) is 0. The van der Waals surface area contributed by atoms with Gasteiger partial charge >= 0.3 is 0 Å². The van der Waals surface area contributed by atoms with Crippen LogP contribution in [0.1, 0.15) is 12.8 Å². The molecule has 0 aliphatic heterocycles. The van der Waals surface area contributed by atoms with Gasteiger partial charge in [0.25, 0.3) is 0 Å². The highest BCUT2D eigenvalue weighted by atomic mass is 35.5. The van der Waals surface area contributed by atoms with Crippen molar-refractivity contribution in [2.24, 2.45) is 0 Å². The van der Waals surface area contributed by atoms with E-state index < -0.39 is 0 Å². The van der Waals surface area contributed by atoms with Gasteiger partial charge in [0.05, 0.1) is 6.61 Å². The molecule has 0 aromatic heterocycles. The number of hydrogen-bond donors (Lipinski definition) is 0. The van der Waals surface area contributed by atoms with Crippen molar-refractivity contribution in [2.45, 2.75) is 12.8 Å². The number of halogens is 1. The third-order valence-corrected chi connectivity index (χ3v) is 2.70. The van der Waals surface area contributed by atoms with E-state index in [1.54, 1.807) is 0 Å². The Labute approximate surface area is 105 Å². The molecule has 88 valence electrons. The van der Waals surface area contributed by atoms with Crippen molar-refractivity contribution in [1.82, 2.24) is 0 Å². The molecule has 17 heavy (non-hydrogen) atoms. The summed E-state index contributed by atoms with van der Waals surface area (Å²) in [6, 6.07) is 14.1. The Bertz CT molecular complexity index is 522. The van der Waals surface area contributed by atoms with Crippen molar-refractivity contribution in [2.75, 3.05) is 6.61 Å². The fourth-order valence-electron chi connectivity index (χ4n) is 1.66. The van der Waals surface area contributed by atoms with E-state index in [0.717, 1.165) is 11.1 Å². The second-order valence-corrected chi connectivity index (χ2v) is 4.24. The van der Waals surface area contributed by atoms with Crippen LogP contribution in [0.3, 0.4) is 0 Å². The number of carbonyl (C=O) groups excluding carboxylic acids is 1. The Kier molecular flexibility index (Phi) is 3.99. The SMILES string of the molecule is O=C(Cl)CCCOc1ccc2ccccc2c1. The molecule has 0 radical (unpaired) electrons. The molecule has 0 amide bonds. The largest absolute Gasteiger partial charge is 0.494 e. The molecule has 2 rings (SSSR count). The Morgan fingerprint density at radius 2 is 1.88 bits per heavy atom. The summed E-state index contributed by atoms with van der Waals surface area (Å²) in [6.45, 7) is 0.511. The van der Waals surface area contributed by atoms with Gasteiger partial charge in [0.15, 0.2) is 0 Å². The molecule has 0 fully saturated rings. The molecule has 0 spiro atoms. The van der Waals surface area contributed by atoms with Gasteiger partial charge in [0.2, 0.25) is 5.24 Å². The summed E-state index contributed by atoms with van der Waals surface area (Å²) in [6.07, 6.45) is 1.00. The number of ether oxygens (including phenoxy) is 1. The number of fused-ring (bicyclic) bond motifs is 1. The molecule has 0 atom stereocenters. The van der Waals surface area contributed by atoms with Gasteiger partial charge in [-0.2, -0.15) is 0 Å². The number of carbonyl (C=O) groups is 1. The quantitative estimate of drug-likeness (QED) is 0.595. The maximum Gasteiger partial charge on any atom is 0.221 e. The molecule has 0 aliphatic carbocycles. The van der Waals surface area contributed by atoms with Gasteiger partial charge in [0.1, 0.15) is 5.75 Å². The summed E-state index contributed by atoms with van der Waals surface area (Å²) in [5.41, 5.74) is 0. The average molecular weight is 249 g/mol. The second-order valence-electron chi connectivity index (χ2n) is 3.82. The molecule has 0 saturated carbocycles. The van der Waals surface area contributed by atoms with Gasteiger partial charge in [-0.25, -0.2) is 0 Å². The van der Waals surface area contributed by atoms with E-state index in [0.29, 0.717) is 19.4 Å². The number of benzene rings is 2. The maximum atomic E-state index is 10.5. The molecule has 2 aromatic carbocycles. The zero-order chi connectivity index (χ0) is 12.1. The molecule has 2 nitrogen and oxygen atoms in total. The third kappa shape index (κ3) is 3.46. The standard InChI is InChI=1S/C14H13ClO2/c15-14(16)6-3-9-17-13-8-7-11-4-1-2-5-12(11)10-13/h1-2,4-5,7-8,10H,3,6,9H2. The van der Waals surface area contributed by atoms with E-state index >= 15 is 0 Å². The first-order valence-electron chi connectivity index (χ1n) is 5.55. The topological polar surface area (TPSA) is 26.3 Å². The van der Waals surface area contributed by atoms with Crippen LogP contribution in [0.15, 0.2) is 42.5 Å². The summed E-state index contributed by atoms with van der Waals surface area (Å²) < 4.78 is 5.55. The highest BCUT2D eigenvalue weighted by Gasteiger charge is 1.99. The lowest BCUT2D eigenvalue weighted by molar-refractivity contribution is -0.111. The molecule has 0 N–H and O–H groups in total. The van der Waals surface area contributed by atoms with Crippen molar-refractivity contribution in [3.05, 3.63) is 42.5 Å². The van der Waals surface area contributed by atoms with Crippen molar-refractivity contribution < 1.29 is 9.53 Å². The third-order valence-electron chi connectivity index (χ3n) is 2.51.